The molecule has 1 N–H and O–H groups in total. The third-order valence-electron chi connectivity index (χ3n) is 3.98. The van der Waals surface area contributed by atoms with Crippen LogP contribution in [-0.2, 0) is 4.74 Å². The minimum atomic E-state index is -0.493. The number of aliphatic hydroxyl groups excluding tert-OH is 1. The molecule has 0 spiro atoms. The van der Waals surface area contributed by atoms with Gasteiger partial charge in [-0.15, -0.1) is 0 Å². The van der Waals surface area contributed by atoms with Crippen molar-refractivity contribution >= 4 is 0 Å². The SMILES string of the molecule is OC(CCCC1CCCO1)c1cccc2c1OCCO2. The standard InChI is InChI=1S/C16H22O4/c17-14(7-1-4-12-5-3-9-18-12)13-6-2-8-15-16(13)20-11-10-19-15/h2,6,8,12,14,17H,1,3-5,7,9-11H2. The minimum Gasteiger partial charge on any atom is -0.486 e. The van der Waals surface area contributed by atoms with Crippen molar-refractivity contribution in [3.63, 3.8) is 0 Å². The molecule has 2 aliphatic rings. The van der Waals surface area contributed by atoms with E-state index in [-0.39, 0.29) is 0 Å². The third kappa shape index (κ3) is 3.07. The zero-order chi connectivity index (χ0) is 13.8. The van der Waals surface area contributed by atoms with Gasteiger partial charge < -0.3 is 19.3 Å². The first-order valence-corrected chi connectivity index (χ1v) is 7.53. The number of ether oxygens (including phenoxy) is 3. The molecule has 2 unspecified atom stereocenters. The predicted molar refractivity (Wildman–Crippen MR) is 75.2 cm³/mol. The van der Waals surface area contributed by atoms with Crippen LogP contribution in [0, 0.1) is 0 Å². The lowest BCUT2D eigenvalue weighted by molar-refractivity contribution is 0.0932. The van der Waals surface area contributed by atoms with Crippen LogP contribution in [0.3, 0.4) is 0 Å². The quantitative estimate of drug-likeness (QED) is 0.899. The van der Waals surface area contributed by atoms with Gasteiger partial charge in [0.05, 0.1) is 12.2 Å². The van der Waals surface area contributed by atoms with Crippen LogP contribution in [0.2, 0.25) is 0 Å². The summed E-state index contributed by atoms with van der Waals surface area (Å²) in [5.41, 5.74) is 0.842. The Labute approximate surface area is 119 Å². The predicted octanol–water partition coefficient (Wildman–Crippen LogP) is 2.84. The van der Waals surface area contributed by atoms with E-state index in [0.717, 1.165) is 43.6 Å². The van der Waals surface area contributed by atoms with Crippen molar-refractivity contribution in [3.8, 4) is 11.5 Å². The van der Waals surface area contributed by atoms with Crippen LogP contribution in [-0.4, -0.2) is 31.0 Å². The van der Waals surface area contributed by atoms with Crippen molar-refractivity contribution in [2.75, 3.05) is 19.8 Å². The summed E-state index contributed by atoms with van der Waals surface area (Å²) in [6, 6.07) is 5.72. The highest BCUT2D eigenvalue weighted by molar-refractivity contribution is 5.48. The molecule has 2 heterocycles. The molecule has 0 radical (unpaired) electrons. The van der Waals surface area contributed by atoms with E-state index >= 15 is 0 Å². The molecule has 1 saturated heterocycles. The van der Waals surface area contributed by atoms with Gasteiger partial charge in [-0.2, -0.15) is 0 Å². The Morgan fingerprint density at radius 2 is 2.10 bits per heavy atom. The van der Waals surface area contributed by atoms with Gasteiger partial charge in [0.25, 0.3) is 0 Å². The van der Waals surface area contributed by atoms with Gasteiger partial charge >= 0.3 is 0 Å². The smallest absolute Gasteiger partial charge is 0.167 e. The molecule has 1 aromatic carbocycles. The molecule has 0 bridgehead atoms. The molecule has 2 aliphatic heterocycles. The highest BCUT2D eigenvalue weighted by Gasteiger charge is 2.21. The zero-order valence-electron chi connectivity index (χ0n) is 11.7. The Bertz CT molecular complexity index is 440. The third-order valence-corrected chi connectivity index (χ3v) is 3.98. The molecule has 0 aromatic heterocycles. The van der Waals surface area contributed by atoms with Crippen LogP contribution in [0.15, 0.2) is 18.2 Å². The summed E-state index contributed by atoms with van der Waals surface area (Å²) in [6.07, 6.45) is 4.97. The van der Waals surface area contributed by atoms with Gasteiger partial charge in [-0.05, 0) is 38.2 Å². The van der Waals surface area contributed by atoms with Crippen molar-refractivity contribution in [3.05, 3.63) is 23.8 Å². The Kier molecular flexibility index (Phi) is 4.43. The molecule has 0 saturated carbocycles. The Balaban J connectivity index is 1.57. The van der Waals surface area contributed by atoms with E-state index in [1.807, 2.05) is 18.2 Å². The lowest BCUT2D eigenvalue weighted by atomic mass is 10.0. The number of hydrogen-bond acceptors (Lipinski definition) is 4. The summed E-state index contributed by atoms with van der Waals surface area (Å²) < 4.78 is 16.8. The Hall–Kier alpha value is -1.26. The molecule has 1 fully saturated rings. The Morgan fingerprint density at radius 3 is 2.95 bits per heavy atom. The molecule has 20 heavy (non-hydrogen) atoms. The van der Waals surface area contributed by atoms with Gasteiger partial charge in [-0.3, -0.25) is 0 Å². The zero-order valence-corrected chi connectivity index (χ0v) is 11.7. The van der Waals surface area contributed by atoms with Crippen molar-refractivity contribution in [2.24, 2.45) is 0 Å². The summed E-state index contributed by atoms with van der Waals surface area (Å²) in [4.78, 5) is 0. The van der Waals surface area contributed by atoms with E-state index in [1.54, 1.807) is 0 Å². The first kappa shape index (κ1) is 13.7. The largest absolute Gasteiger partial charge is 0.486 e. The molecule has 0 aliphatic carbocycles. The maximum Gasteiger partial charge on any atom is 0.167 e. The minimum absolute atomic E-state index is 0.395. The maximum absolute atomic E-state index is 10.4. The average molecular weight is 278 g/mol. The molecule has 1 aromatic rings. The molecule has 110 valence electrons. The van der Waals surface area contributed by atoms with Crippen molar-refractivity contribution in [2.45, 2.75) is 44.3 Å². The van der Waals surface area contributed by atoms with Gasteiger partial charge in [0.2, 0.25) is 0 Å². The lowest BCUT2D eigenvalue weighted by Crippen LogP contribution is -2.17. The summed E-state index contributed by atoms with van der Waals surface area (Å²) in [5, 5.41) is 10.4. The van der Waals surface area contributed by atoms with Gasteiger partial charge in [0.15, 0.2) is 11.5 Å². The monoisotopic (exact) mass is 278 g/mol. The average Bonchev–Trinajstić information content (AvgIpc) is 3.00. The number of aliphatic hydroxyl groups is 1. The molecular formula is C16H22O4. The highest BCUT2D eigenvalue weighted by atomic mass is 16.6. The van der Waals surface area contributed by atoms with E-state index in [0.29, 0.717) is 25.1 Å². The van der Waals surface area contributed by atoms with Gasteiger partial charge in [0, 0.05) is 12.2 Å². The molecule has 4 heteroatoms. The van der Waals surface area contributed by atoms with Crippen LogP contribution in [0.1, 0.15) is 43.8 Å². The topological polar surface area (TPSA) is 47.9 Å². The van der Waals surface area contributed by atoms with Crippen LogP contribution in [0.4, 0.5) is 0 Å². The second-order valence-electron chi connectivity index (χ2n) is 5.45. The first-order chi connectivity index (χ1) is 9.84. The highest BCUT2D eigenvalue weighted by Crippen LogP contribution is 2.38. The van der Waals surface area contributed by atoms with Crippen LogP contribution >= 0.6 is 0 Å². The normalized spacial score (nSPS) is 22.8. The summed E-state index contributed by atoms with van der Waals surface area (Å²) in [6.45, 7) is 2.02. The second-order valence-corrected chi connectivity index (χ2v) is 5.45. The van der Waals surface area contributed by atoms with Crippen molar-refractivity contribution in [1.82, 2.24) is 0 Å². The van der Waals surface area contributed by atoms with Gasteiger partial charge in [-0.25, -0.2) is 0 Å². The lowest BCUT2D eigenvalue weighted by Gasteiger charge is -2.23. The van der Waals surface area contributed by atoms with Gasteiger partial charge in [0.1, 0.15) is 13.2 Å². The molecule has 3 rings (SSSR count). The number of benzene rings is 1. The van der Waals surface area contributed by atoms with Crippen LogP contribution in [0.5, 0.6) is 11.5 Å². The van der Waals surface area contributed by atoms with E-state index in [9.17, 15) is 5.11 Å². The molecule has 0 amide bonds. The summed E-state index contributed by atoms with van der Waals surface area (Å²) >= 11 is 0. The summed E-state index contributed by atoms with van der Waals surface area (Å²) in [5.74, 6) is 1.45. The maximum atomic E-state index is 10.4. The van der Waals surface area contributed by atoms with Crippen molar-refractivity contribution in [1.29, 1.82) is 0 Å². The fourth-order valence-electron chi connectivity index (χ4n) is 2.93. The van der Waals surface area contributed by atoms with E-state index < -0.39 is 6.10 Å². The molecular weight excluding hydrogens is 256 g/mol. The van der Waals surface area contributed by atoms with Gasteiger partial charge in [-0.1, -0.05) is 12.1 Å². The number of para-hydroxylation sites is 1. The molecule has 2 atom stereocenters. The Morgan fingerprint density at radius 1 is 1.20 bits per heavy atom. The molecule has 4 nitrogen and oxygen atoms in total. The van der Waals surface area contributed by atoms with Crippen LogP contribution in [0.25, 0.3) is 0 Å². The summed E-state index contributed by atoms with van der Waals surface area (Å²) in [7, 11) is 0. The first-order valence-electron chi connectivity index (χ1n) is 7.53. The number of hydrogen-bond donors (Lipinski definition) is 1. The fourth-order valence-corrected chi connectivity index (χ4v) is 2.93. The number of rotatable bonds is 5. The second kappa shape index (κ2) is 6.46. The van der Waals surface area contributed by atoms with Crippen molar-refractivity contribution < 1.29 is 19.3 Å². The van der Waals surface area contributed by atoms with E-state index in [1.165, 1.54) is 6.42 Å². The fraction of sp³-hybridized carbons (Fsp3) is 0.625. The van der Waals surface area contributed by atoms with E-state index in [4.69, 9.17) is 14.2 Å². The van der Waals surface area contributed by atoms with Crippen LogP contribution < -0.4 is 9.47 Å². The van der Waals surface area contributed by atoms with E-state index in [2.05, 4.69) is 0 Å². The number of fused-ring (bicyclic) bond motifs is 1.